The average Bonchev–Trinajstić information content (AvgIpc) is 3.10. The van der Waals surface area contributed by atoms with Gasteiger partial charge in [0.25, 0.3) is 0 Å². The maximum absolute atomic E-state index is 13.0. The number of benzene rings is 1. The first-order valence-corrected chi connectivity index (χ1v) is 9.33. The summed E-state index contributed by atoms with van der Waals surface area (Å²) >= 11 is 0. The van der Waals surface area contributed by atoms with Crippen LogP contribution in [0.5, 0.6) is 5.75 Å². The topological polar surface area (TPSA) is 63.7 Å². The van der Waals surface area contributed by atoms with Gasteiger partial charge in [-0.15, -0.1) is 3.89 Å². The molecule has 2 fully saturated rings. The van der Waals surface area contributed by atoms with E-state index in [-0.39, 0.29) is 31.5 Å². The van der Waals surface area contributed by atoms with Crippen molar-refractivity contribution in [3.63, 3.8) is 0 Å². The van der Waals surface area contributed by atoms with Gasteiger partial charge in [-0.3, -0.25) is 4.79 Å². The quantitative estimate of drug-likeness (QED) is 0.772. The number of rotatable bonds is 5. The minimum atomic E-state index is -4.67. The van der Waals surface area contributed by atoms with Crippen LogP contribution in [-0.2, 0) is 21.6 Å². The molecule has 1 saturated heterocycles. The van der Waals surface area contributed by atoms with E-state index < -0.39 is 15.5 Å². The van der Waals surface area contributed by atoms with Gasteiger partial charge < -0.3 is 9.64 Å². The van der Waals surface area contributed by atoms with Crippen LogP contribution in [0.4, 0.5) is 3.89 Å². The smallest absolute Gasteiger partial charge is 0.307 e. The Hall–Kier alpha value is -1.63. The van der Waals surface area contributed by atoms with Crippen LogP contribution in [0.25, 0.3) is 0 Å². The van der Waals surface area contributed by atoms with E-state index in [0.29, 0.717) is 0 Å². The van der Waals surface area contributed by atoms with E-state index in [4.69, 9.17) is 4.74 Å². The zero-order valence-electron chi connectivity index (χ0n) is 12.8. The van der Waals surface area contributed by atoms with Crippen molar-refractivity contribution >= 4 is 16.1 Å². The molecule has 2 aliphatic rings. The number of amides is 1. The molecule has 1 atom stereocenters. The number of likely N-dealkylation sites (tertiary alicyclic amines) is 1. The van der Waals surface area contributed by atoms with Crippen LogP contribution in [0.3, 0.4) is 0 Å². The maximum atomic E-state index is 13.0. The Labute approximate surface area is 135 Å². The summed E-state index contributed by atoms with van der Waals surface area (Å²) in [7, 11) is -4.67. The van der Waals surface area contributed by atoms with Crippen molar-refractivity contribution in [2.45, 2.75) is 50.0 Å². The molecule has 5 nitrogen and oxygen atoms in total. The van der Waals surface area contributed by atoms with Gasteiger partial charge in [0.15, 0.2) is 0 Å². The van der Waals surface area contributed by atoms with Crippen molar-refractivity contribution in [3.8, 4) is 5.75 Å². The van der Waals surface area contributed by atoms with Gasteiger partial charge in [-0.2, -0.15) is 8.42 Å². The highest BCUT2D eigenvalue weighted by Gasteiger charge is 2.38. The van der Waals surface area contributed by atoms with E-state index in [1.54, 1.807) is 0 Å². The van der Waals surface area contributed by atoms with Crippen molar-refractivity contribution in [1.29, 1.82) is 0 Å². The van der Waals surface area contributed by atoms with E-state index in [0.717, 1.165) is 24.2 Å². The molecular weight excluding hydrogens is 321 g/mol. The third kappa shape index (κ3) is 4.02. The summed E-state index contributed by atoms with van der Waals surface area (Å²) in [6, 6.07) is 7.45. The van der Waals surface area contributed by atoms with E-state index in [9.17, 15) is 17.1 Å². The molecule has 0 radical (unpaired) electrons. The molecule has 1 saturated carbocycles. The van der Waals surface area contributed by atoms with Gasteiger partial charge in [0.1, 0.15) is 11.0 Å². The van der Waals surface area contributed by atoms with Gasteiger partial charge in [0, 0.05) is 19.5 Å². The van der Waals surface area contributed by atoms with Gasteiger partial charge in [-0.05, 0) is 43.4 Å². The largest absolute Gasteiger partial charge is 0.490 e. The second-order valence-electron chi connectivity index (χ2n) is 6.25. The molecule has 1 amide bonds. The molecule has 1 unspecified atom stereocenters. The normalized spacial score (nSPS) is 22.7. The van der Waals surface area contributed by atoms with Crippen LogP contribution in [0, 0.1) is 0 Å². The van der Waals surface area contributed by atoms with Crippen LogP contribution in [0.1, 0.15) is 37.7 Å². The number of halogens is 1. The summed E-state index contributed by atoms with van der Waals surface area (Å²) < 4.78 is 40.9. The average molecular weight is 341 g/mol. The fraction of sp³-hybridized carbons (Fsp3) is 0.562. The van der Waals surface area contributed by atoms with Gasteiger partial charge in [0.05, 0.1) is 6.10 Å². The van der Waals surface area contributed by atoms with Crippen molar-refractivity contribution < 1.29 is 21.8 Å². The molecule has 23 heavy (non-hydrogen) atoms. The predicted octanol–water partition coefficient (Wildman–Crippen LogP) is 2.41. The summed E-state index contributed by atoms with van der Waals surface area (Å²) in [5, 5.41) is -1.24. The van der Waals surface area contributed by atoms with Gasteiger partial charge in [-0.25, -0.2) is 0 Å². The molecule has 126 valence electrons. The summed E-state index contributed by atoms with van der Waals surface area (Å²) in [4.78, 5) is 13.2. The third-order valence-corrected chi connectivity index (χ3v) is 5.57. The number of hydrogen-bond acceptors (Lipinski definition) is 4. The number of carbonyl (C=O) groups is 1. The molecular formula is C16H20FNO4S. The standard InChI is InChI=1S/C16H20FNO4S/c17-23(20,21)15-9-16(19)18(11-15)10-12-4-3-7-14(8-12)22-13-5-1-2-6-13/h3-4,7-8,13,15H,1-2,5-6,9-11H2. The molecule has 0 spiro atoms. The van der Waals surface area contributed by atoms with Gasteiger partial charge in [-0.1, -0.05) is 12.1 Å². The molecule has 7 heteroatoms. The van der Waals surface area contributed by atoms with Crippen molar-refractivity contribution in [3.05, 3.63) is 29.8 Å². The summed E-state index contributed by atoms with van der Waals surface area (Å²) in [5.74, 6) is 0.425. The Kier molecular flexibility index (Phi) is 4.57. The molecule has 1 aromatic rings. The first-order valence-electron chi connectivity index (χ1n) is 7.88. The highest BCUT2D eigenvalue weighted by atomic mass is 32.3. The summed E-state index contributed by atoms with van der Waals surface area (Å²) in [6.45, 7) is 0.179. The lowest BCUT2D eigenvalue weighted by Crippen LogP contribution is -2.26. The zero-order valence-corrected chi connectivity index (χ0v) is 13.6. The summed E-state index contributed by atoms with van der Waals surface area (Å²) in [5.41, 5.74) is 0.853. The SMILES string of the molecule is O=C1CC(S(=O)(=O)F)CN1Cc1cccc(OC2CCCC2)c1. The van der Waals surface area contributed by atoms with E-state index >= 15 is 0 Å². The van der Waals surface area contributed by atoms with Crippen molar-refractivity contribution in [2.24, 2.45) is 0 Å². The molecule has 1 aliphatic carbocycles. The highest BCUT2D eigenvalue weighted by molar-refractivity contribution is 7.87. The Balaban J connectivity index is 1.65. The Morgan fingerprint density at radius 3 is 2.65 bits per heavy atom. The Morgan fingerprint density at radius 1 is 1.26 bits per heavy atom. The Morgan fingerprint density at radius 2 is 2.00 bits per heavy atom. The van der Waals surface area contributed by atoms with E-state index in [2.05, 4.69) is 0 Å². The fourth-order valence-corrected chi connectivity index (χ4v) is 3.91. The molecule has 3 rings (SSSR count). The number of nitrogens with zero attached hydrogens (tertiary/aromatic N) is 1. The first-order chi connectivity index (χ1) is 10.9. The van der Waals surface area contributed by atoms with Gasteiger partial charge >= 0.3 is 10.2 Å². The zero-order chi connectivity index (χ0) is 16.4. The van der Waals surface area contributed by atoms with Crippen molar-refractivity contribution in [1.82, 2.24) is 4.90 Å². The second kappa shape index (κ2) is 6.47. The number of carbonyl (C=O) groups excluding carboxylic acids is 1. The maximum Gasteiger partial charge on any atom is 0.307 e. The molecule has 0 bridgehead atoms. The molecule has 0 aromatic heterocycles. The lowest BCUT2D eigenvalue weighted by Gasteiger charge is -2.18. The van der Waals surface area contributed by atoms with Crippen LogP contribution in [0.15, 0.2) is 24.3 Å². The summed E-state index contributed by atoms with van der Waals surface area (Å²) in [6.07, 6.45) is 4.46. The molecule has 1 aromatic carbocycles. The second-order valence-corrected chi connectivity index (χ2v) is 7.87. The van der Waals surface area contributed by atoms with E-state index in [1.165, 1.54) is 17.7 Å². The number of hydrogen-bond donors (Lipinski definition) is 0. The minimum absolute atomic E-state index is 0.0919. The lowest BCUT2D eigenvalue weighted by atomic mass is 10.2. The van der Waals surface area contributed by atoms with Crippen LogP contribution in [0.2, 0.25) is 0 Å². The van der Waals surface area contributed by atoms with Crippen LogP contribution < -0.4 is 4.74 Å². The van der Waals surface area contributed by atoms with E-state index in [1.807, 2.05) is 24.3 Å². The monoisotopic (exact) mass is 341 g/mol. The molecule has 1 aliphatic heterocycles. The number of ether oxygens (including phenoxy) is 1. The molecule has 0 N–H and O–H groups in total. The van der Waals surface area contributed by atoms with Crippen LogP contribution in [-0.4, -0.2) is 37.1 Å². The highest BCUT2D eigenvalue weighted by Crippen LogP contribution is 2.26. The predicted molar refractivity (Wildman–Crippen MR) is 83.2 cm³/mol. The van der Waals surface area contributed by atoms with Crippen molar-refractivity contribution in [2.75, 3.05) is 6.54 Å². The first kappa shape index (κ1) is 16.2. The fourth-order valence-electron chi connectivity index (χ4n) is 3.21. The molecule has 1 heterocycles. The van der Waals surface area contributed by atoms with Gasteiger partial charge in [0.2, 0.25) is 5.91 Å². The third-order valence-electron chi connectivity index (χ3n) is 4.45. The Bertz CT molecular complexity index is 685. The lowest BCUT2D eigenvalue weighted by molar-refractivity contribution is -0.128. The minimum Gasteiger partial charge on any atom is -0.490 e. The van der Waals surface area contributed by atoms with Crippen LogP contribution >= 0.6 is 0 Å².